The van der Waals surface area contributed by atoms with Crippen LogP contribution >= 0.6 is 35.0 Å². The molecule has 11 heteroatoms. The first-order valence-corrected chi connectivity index (χ1v) is 12.2. The Morgan fingerprint density at radius 2 is 1.61 bits per heavy atom. The van der Waals surface area contributed by atoms with Crippen LogP contribution in [0.5, 0.6) is 0 Å². The van der Waals surface area contributed by atoms with E-state index < -0.39 is 34.4 Å². The molecule has 3 aromatic carbocycles. The van der Waals surface area contributed by atoms with Crippen LogP contribution < -0.4 is 0 Å². The first-order valence-electron chi connectivity index (χ1n) is 10.5. The second-order valence-corrected chi connectivity index (χ2v) is 10.1. The van der Waals surface area contributed by atoms with E-state index in [1.807, 2.05) is 13.8 Å². The van der Waals surface area contributed by atoms with Crippen molar-refractivity contribution in [1.29, 1.82) is 0 Å². The summed E-state index contributed by atoms with van der Waals surface area (Å²) in [7, 11) is 0. The van der Waals surface area contributed by atoms with E-state index >= 15 is 0 Å². The first kappa shape index (κ1) is 26.1. The molecule has 4 rings (SSSR count). The van der Waals surface area contributed by atoms with E-state index in [2.05, 4.69) is 10.2 Å². The molecule has 0 radical (unpaired) electrons. The summed E-state index contributed by atoms with van der Waals surface area (Å²) < 4.78 is 44.3. The van der Waals surface area contributed by atoms with Crippen LogP contribution in [-0.4, -0.2) is 25.8 Å². The molecule has 0 amide bonds. The Labute approximate surface area is 218 Å². The minimum absolute atomic E-state index is 0.190. The smallest absolute Gasteiger partial charge is 0.335 e. The third kappa shape index (κ3) is 5.09. The predicted octanol–water partition coefficient (Wildman–Crippen LogP) is 7.31. The summed E-state index contributed by atoms with van der Waals surface area (Å²) in [4.78, 5) is 11.1. The fraction of sp³-hybridized carbons (Fsp3) is 0.160. The van der Waals surface area contributed by atoms with Crippen molar-refractivity contribution in [1.82, 2.24) is 14.8 Å². The van der Waals surface area contributed by atoms with Crippen molar-refractivity contribution in [3.8, 4) is 5.69 Å². The lowest BCUT2D eigenvalue weighted by Gasteiger charge is -2.26. The summed E-state index contributed by atoms with van der Waals surface area (Å²) >= 11 is 13.3. The number of rotatable bonds is 7. The third-order valence-corrected chi connectivity index (χ3v) is 7.35. The second-order valence-electron chi connectivity index (χ2n) is 8.38. The summed E-state index contributed by atoms with van der Waals surface area (Å²) in [6, 6.07) is 12.4. The first-order chi connectivity index (χ1) is 17.0. The van der Waals surface area contributed by atoms with Gasteiger partial charge in [0.05, 0.1) is 21.0 Å². The fourth-order valence-corrected chi connectivity index (χ4v) is 4.87. The van der Waals surface area contributed by atoms with Gasteiger partial charge in [-0.05, 0) is 67.9 Å². The van der Waals surface area contributed by atoms with Gasteiger partial charge in [0.25, 0.3) is 0 Å². The van der Waals surface area contributed by atoms with Gasteiger partial charge < -0.3 is 5.11 Å². The maximum Gasteiger partial charge on any atom is 0.335 e. The zero-order chi connectivity index (χ0) is 26.2. The molecule has 1 heterocycles. The number of halogens is 5. The molecular formula is C25H18Cl2F3N3O2S. The molecule has 0 bridgehead atoms. The highest BCUT2D eigenvalue weighted by molar-refractivity contribution is 7.98. The lowest BCUT2D eigenvalue weighted by molar-refractivity contribution is 0.0695. The zero-order valence-corrected chi connectivity index (χ0v) is 21.2. The Balaban J connectivity index is 1.77. The molecule has 0 spiro atoms. The van der Waals surface area contributed by atoms with E-state index in [0.29, 0.717) is 26.7 Å². The predicted molar refractivity (Wildman–Crippen MR) is 133 cm³/mol. The van der Waals surface area contributed by atoms with Crippen LogP contribution in [0.15, 0.2) is 59.8 Å². The quantitative estimate of drug-likeness (QED) is 0.244. The second kappa shape index (κ2) is 10.2. The van der Waals surface area contributed by atoms with Crippen molar-refractivity contribution in [2.75, 3.05) is 0 Å². The van der Waals surface area contributed by atoms with E-state index in [-0.39, 0.29) is 11.3 Å². The lowest BCUT2D eigenvalue weighted by Crippen LogP contribution is -2.24. The number of carboxylic acids is 1. The van der Waals surface area contributed by atoms with Crippen molar-refractivity contribution in [3.63, 3.8) is 0 Å². The van der Waals surface area contributed by atoms with E-state index in [1.165, 1.54) is 12.1 Å². The standard InChI is InChI=1S/C25H18Cl2F3N3O2S/c1-25(2,14-3-8-18(26)19(27)11-14)23-31-32-24(33(23)16-6-4-15(28)5-7-16)36-12-17-20(29)9-13(22(34)35)10-21(17)30/h3-11H,12H2,1-2H3,(H,34,35). The maximum absolute atomic E-state index is 14.5. The number of carboxylic acid groups (broad SMARTS) is 1. The molecule has 0 fully saturated rings. The normalized spacial score (nSPS) is 11.6. The zero-order valence-electron chi connectivity index (χ0n) is 18.9. The van der Waals surface area contributed by atoms with Gasteiger partial charge in [-0.3, -0.25) is 4.57 Å². The summed E-state index contributed by atoms with van der Waals surface area (Å²) in [5.41, 5.74) is -0.226. The van der Waals surface area contributed by atoms with Crippen LogP contribution in [0.4, 0.5) is 13.2 Å². The third-order valence-electron chi connectivity index (χ3n) is 5.65. The number of hydrogen-bond donors (Lipinski definition) is 1. The largest absolute Gasteiger partial charge is 0.478 e. The number of nitrogens with zero attached hydrogens (tertiary/aromatic N) is 3. The summed E-state index contributed by atoms with van der Waals surface area (Å²) in [5, 5.41) is 18.7. The van der Waals surface area contributed by atoms with Crippen molar-refractivity contribution in [3.05, 3.63) is 105 Å². The number of benzene rings is 3. The van der Waals surface area contributed by atoms with Gasteiger partial charge in [0, 0.05) is 17.0 Å². The van der Waals surface area contributed by atoms with Crippen molar-refractivity contribution in [2.24, 2.45) is 0 Å². The number of aromatic carboxylic acids is 1. The Hall–Kier alpha value is -3.01. The average Bonchev–Trinajstić information content (AvgIpc) is 3.25. The van der Waals surface area contributed by atoms with Crippen LogP contribution in [0, 0.1) is 17.5 Å². The molecule has 1 aromatic heterocycles. The molecule has 0 saturated carbocycles. The van der Waals surface area contributed by atoms with Crippen LogP contribution in [0.3, 0.4) is 0 Å². The molecule has 4 aromatic rings. The molecule has 0 aliphatic heterocycles. The van der Waals surface area contributed by atoms with Gasteiger partial charge in [-0.15, -0.1) is 10.2 Å². The van der Waals surface area contributed by atoms with Crippen molar-refractivity contribution in [2.45, 2.75) is 30.2 Å². The molecule has 0 aliphatic carbocycles. The topological polar surface area (TPSA) is 68.0 Å². The van der Waals surface area contributed by atoms with E-state index in [4.69, 9.17) is 28.3 Å². The molecule has 1 N–H and O–H groups in total. The van der Waals surface area contributed by atoms with Gasteiger partial charge in [0.1, 0.15) is 23.3 Å². The number of hydrogen-bond acceptors (Lipinski definition) is 4. The van der Waals surface area contributed by atoms with Gasteiger partial charge in [0.15, 0.2) is 5.16 Å². The van der Waals surface area contributed by atoms with Crippen LogP contribution in [0.25, 0.3) is 5.69 Å². The van der Waals surface area contributed by atoms with E-state index in [9.17, 15) is 18.0 Å². The molecule has 0 aliphatic rings. The highest BCUT2D eigenvalue weighted by Crippen LogP contribution is 2.37. The van der Waals surface area contributed by atoms with Crippen molar-refractivity contribution < 1.29 is 23.1 Å². The van der Waals surface area contributed by atoms with Gasteiger partial charge in [-0.25, -0.2) is 18.0 Å². The van der Waals surface area contributed by atoms with Crippen LogP contribution in [0.1, 0.15) is 41.2 Å². The van der Waals surface area contributed by atoms with Crippen LogP contribution in [0.2, 0.25) is 10.0 Å². The van der Waals surface area contributed by atoms with Crippen LogP contribution in [-0.2, 0) is 11.2 Å². The molecule has 0 saturated heterocycles. The Morgan fingerprint density at radius 1 is 0.972 bits per heavy atom. The monoisotopic (exact) mass is 551 g/mol. The lowest BCUT2D eigenvalue weighted by atomic mass is 9.83. The molecule has 0 unspecified atom stereocenters. The maximum atomic E-state index is 14.5. The average molecular weight is 552 g/mol. The highest BCUT2D eigenvalue weighted by Gasteiger charge is 2.32. The minimum atomic E-state index is -1.43. The number of aromatic nitrogens is 3. The Kier molecular flexibility index (Phi) is 7.36. The molecular weight excluding hydrogens is 534 g/mol. The van der Waals surface area contributed by atoms with Gasteiger partial charge in [0.2, 0.25) is 0 Å². The molecule has 186 valence electrons. The van der Waals surface area contributed by atoms with E-state index in [0.717, 1.165) is 29.5 Å². The number of thioether (sulfide) groups is 1. The number of carbonyl (C=O) groups is 1. The molecule has 5 nitrogen and oxygen atoms in total. The fourth-order valence-electron chi connectivity index (χ4n) is 3.61. The van der Waals surface area contributed by atoms with Gasteiger partial charge in [-0.1, -0.05) is 41.0 Å². The van der Waals surface area contributed by atoms with E-state index in [1.54, 1.807) is 34.9 Å². The van der Waals surface area contributed by atoms with Crippen molar-refractivity contribution >= 4 is 40.9 Å². The SMILES string of the molecule is CC(C)(c1ccc(Cl)c(Cl)c1)c1nnc(SCc2c(F)cc(C(=O)O)cc2F)n1-c1ccc(F)cc1. The highest BCUT2D eigenvalue weighted by atomic mass is 35.5. The molecule has 0 atom stereocenters. The minimum Gasteiger partial charge on any atom is -0.478 e. The summed E-state index contributed by atoms with van der Waals surface area (Å²) in [6.07, 6.45) is 0. The summed E-state index contributed by atoms with van der Waals surface area (Å²) in [6.45, 7) is 3.80. The van der Waals surface area contributed by atoms with Gasteiger partial charge in [-0.2, -0.15) is 0 Å². The summed E-state index contributed by atoms with van der Waals surface area (Å²) in [5.74, 6) is -3.55. The Bertz CT molecular complexity index is 1440. The Morgan fingerprint density at radius 3 is 2.19 bits per heavy atom. The molecule has 36 heavy (non-hydrogen) atoms. The van der Waals surface area contributed by atoms with Gasteiger partial charge >= 0.3 is 5.97 Å².